The maximum absolute atomic E-state index is 5.34. The molecule has 0 saturated heterocycles. The average molecular weight is 745 g/mol. The van der Waals surface area contributed by atoms with Crippen LogP contribution in [0.2, 0.25) is 0 Å². The summed E-state index contributed by atoms with van der Waals surface area (Å²) in [6.07, 6.45) is 0. The van der Waals surface area contributed by atoms with E-state index >= 15 is 0 Å². The van der Waals surface area contributed by atoms with E-state index < -0.39 is 1.89 Å². The minimum atomic E-state index is -1.87. The molecule has 7 aromatic rings. The standard InChI is InChI=1S/C35H26I2NP/c1-39(2,36,37)28-18-14-23(15-19-28)26-10-7-11-27(22-26)33-31-20-16-24-8-3-5-12-29(24)34(31)38-35-30-13-6-4-9-25(30)17-21-32(33)35/h3-22H,1-2H3. The molecular weight excluding hydrogens is 719 g/mol. The van der Waals surface area contributed by atoms with Gasteiger partial charge in [0.1, 0.15) is 0 Å². The van der Waals surface area contributed by atoms with E-state index in [0.717, 1.165) is 11.0 Å². The van der Waals surface area contributed by atoms with Crippen molar-refractivity contribution >= 4 is 94.6 Å². The number of hydrogen-bond donors (Lipinski definition) is 0. The van der Waals surface area contributed by atoms with Gasteiger partial charge in [-0.2, -0.15) is 0 Å². The number of aromatic nitrogens is 1. The first-order valence-corrected chi connectivity index (χ1v) is 21.7. The normalized spacial score (nSPS) is 13.2. The molecule has 190 valence electrons. The molecule has 0 aliphatic carbocycles. The summed E-state index contributed by atoms with van der Waals surface area (Å²) >= 11 is 5.31. The molecule has 0 spiro atoms. The van der Waals surface area contributed by atoms with Crippen LogP contribution in [0.25, 0.3) is 65.6 Å². The van der Waals surface area contributed by atoms with Crippen LogP contribution in [0.5, 0.6) is 0 Å². The fourth-order valence-electron chi connectivity index (χ4n) is 5.64. The first-order chi connectivity index (χ1) is 18.7. The molecule has 39 heavy (non-hydrogen) atoms. The van der Waals surface area contributed by atoms with Crippen LogP contribution in [0.4, 0.5) is 0 Å². The summed E-state index contributed by atoms with van der Waals surface area (Å²) in [5.74, 6) is 0. The van der Waals surface area contributed by atoms with E-state index in [0.29, 0.717) is 0 Å². The van der Waals surface area contributed by atoms with Crippen molar-refractivity contribution in [3.63, 3.8) is 0 Å². The quantitative estimate of drug-likeness (QED) is 0.0760. The van der Waals surface area contributed by atoms with Gasteiger partial charge in [0.2, 0.25) is 0 Å². The molecule has 0 unspecified atom stereocenters. The summed E-state index contributed by atoms with van der Waals surface area (Å²) in [4.78, 5) is 5.34. The molecule has 1 nitrogen and oxygen atoms in total. The van der Waals surface area contributed by atoms with Crippen molar-refractivity contribution in [2.24, 2.45) is 0 Å². The van der Waals surface area contributed by atoms with Crippen LogP contribution in [0.3, 0.4) is 0 Å². The van der Waals surface area contributed by atoms with Gasteiger partial charge in [0.25, 0.3) is 0 Å². The number of hydrogen-bond acceptors (Lipinski definition) is 1. The Hall–Kier alpha value is -2.60. The van der Waals surface area contributed by atoms with Crippen LogP contribution in [0.15, 0.2) is 121 Å². The van der Waals surface area contributed by atoms with Crippen LogP contribution in [0, 0.1) is 0 Å². The summed E-state index contributed by atoms with van der Waals surface area (Å²) in [6.45, 7) is 4.77. The zero-order valence-electron chi connectivity index (χ0n) is 21.7. The molecule has 1 aromatic heterocycles. The van der Waals surface area contributed by atoms with E-state index in [1.807, 2.05) is 0 Å². The van der Waals surface area contributed by atoms with Crippen LogP contribution < -0.4 is 5.30 Å². The number of halogens is 2. The van der Waals surface area contributed by atoms with E-state index in [4.69, 9.17) is 4.98 Å². The van der Waals surface area contributed by atoms with E-state index in [1.54, 1.807) is 0 Å². The van der Waals surface area contributed by atoms with Gasteiger partial charge in [-0.05, 0) is 0 Å². The van der Waals surface area contributed by atoms with Crippen molar-refractivity contribution in [1.82, 2.24) is 4.98 Å². The molecule has 0 N–H and O–H groups in total. The van der Waals surface area contributed by atoms with Crippen molar-refractivity contribution in [2.75, 3.05) is 13.3 Å². The Bertz CT molecular complexity index is 1970. The fraction of sp³-hybridized carbons (Fsp3) is 0.0571. The predicted molar refractivity (Wildman–Crippen MR) is 192 cm³/mol. The van der Waals surface area contributed by atoms with E-state index in [9.17, 15) is 0 Å². The molecular formula is C35H26I2NP. The number of fused-ring (bicyclic) bond motifs is 6. The first-order valence-electron chi connectivity index (χ1n) is 13.0. The summed E-state index contributed by atoms with van der Waals surface area (Å²) in [5, 5.41) is 8.62. The average Bonchev–Trinajstić information content (AvgIpc) is 2.95. The van der Waals surface area contributed by atoms with Crippen molar-refractivity contribution in [3.8, 4) is 22.3 Å². The molecule has 6 aromatic carbocycles. The molecule has 0 amide bonds. The van der Waals surface area contributed by atoms with Gasteiger partial charge in [0.15, 0.2) is 0 Å². The van der Waals surface area contributed by atoms with Crippen LogP contribution in [-0.2, 0) is 0 Å². The molecule has 0 fully saturated rings. The summed E-state index contributed by atoms with van der Waals surface area (Å²) < 4.78 is -1.87. The minimum absolute atomic E-state index is 1.06. The zero-order valence-corrected chi connectivity index (χ0v) is 26.9. The second kappa shape index (κ2) is 9.22. The van der Waals surface area contributed by atoms with Gasteiger partial charge in [0, 0.05) is 0 Å². The Morgan fingerprint density at radius 3 is 1.59 bits per heavy atom. The second-order valence-electron chi connectivity index (χ2n) is 10.8. The molecule has 0 aliphatic rings. The van der Waals surface area contributed by atoms with E-state index in [-0.39, 0.29) is 0 Å². The zero-order chi connectivity index (χ0) is 26.8. The Morgan fingerprint density at radius 2 is 1.03 bits per heavy atom. The molecule has 0 bridgehead atoms. The molecule has 0 radical (unpaired) electrons. The Labute approximate surface area is 254 Å². The van der Waals surface area contributed by atoms with E-state index in [1.165, 1.54) is 59.9 Å². The van der Waals surface area contributed by atoms with Crippen LogP contribution >= 0.6 is 46.0 Å². The van der Waals surface area contributed by atoms with Crippen molar-refractivity contribution in [2.45, 2.75) is 0 Å². The number of benzene rings is 6. The maximum atomic E-state index is 5.34. The summed E-state index contributed by atoms with van der Waals surface area (Å²) in [6, 6.07) is 44.3. The fourth-order valence-corrected chi connectivity index (χ4v) is 8.54. The van der Waals surface area contributed by atoms with Crippen molar-refractivity contribution < 1.29 is 0 Å². The van der Waals surface area contributed by atoms with Crippen molar-refractivity contribution in [1.29, 1.82) is 0 Å². The molecule has 0 atom stereocenters. The third-order valence-electron chi connectivity index (χ3n) is 7.63. The first kappa shape index (κ1) is 25.4. The van der Waals surface area contributed by atoms with Gasteiger partial charge in [-0.25, -0.2) is 0 Å². The SMILES string of the molecule is CP(C)(I)(I)c1ccc(-c2cccc(-c3c4ccc5ccccc5c4nc4c3ccc3ccccc34)c2)cc1. The van der Waals surface area contributed by atoms with Crippen LogP contribution in [-0.4, -0.2) is 18.3 Å². The van der Waals surface area contributed by atoms with Gasteiger partial charge in [-0.3, -0.25) is 0 Å². The third kappa shape index (κ3) is 4.53. The third-order valence-corrected chi connectivity index (χ3v) is 12.7. The Balaban J connectivity index is 1.52. The number of pyridine rings is 1. The van der Waals surface area contributed by atoms with Gasteiger partial charge in [0.05, 0.1) is 0 Å². The molecule has 7 rings (SSSR count). The Kier molecular flexibility index (Phi) is 6.00. The van der Waals surface area contributed by atoms with Crippen molar-refractivity contribution in [3.05, 3.63) is 121 Å². The second-order valence-corrected chi connectivity index (χ2v) is 37.8. The molecule has 0 saturated carbocycles. The summed E-state index contributed by atoms with van der Waals surface area (Å²) in [5.41, 5.74) is 7.05. The van der Waals surface area contributed by atoms with Gasteiger partial charge in [-0.15, -0.1) is 0 Å². The Morgan fingerprint density at radius 1 is 0.487 bits per heavy atom. The summed E-state index contributed by atoms with van der Waals surface area (Å²) in [7, 11) is 0. The number of rotatable bonds is 3. The molecule has 1 heterocycles. The molecule has 4 heteroatoms. The topological polar surface area (TPSA) is 12.9 Å². The van der Waals surface area contributed by atoms with Gasteiger partial charge >= 0.3 is 220 Å². The predicted octanol–water partition coefficient (Wildman–Crippen LogP) is 11.2. The monoisotopic (exact) mass is 745 g/mol. The van der Waals surface area contributed by atoms with Gasteiger partial charge in [-0.1, -0.05) is 36.4 Å². The number of nitrogens with zero attached hydrogens (tertiary/aromatic N) is 1. The van der Waals surface area contributed by atoms with E-state index in [2.05, 4.69) is 179 Å². The van der Waals surface area contributed by atoms with Crippen LogP contribution in [0.1, 0.15) is 0 Å². The molecule has 0 aliphatic heterocycles. The van der Waals surface area contributed by atoms with Gasteiger partial charge < -0.3 is 0 Å².